The van der Waals surface area contributed by atoms with Crippen LogP contribution in [0.5, 0.6) is 0 Å². The van der Waals surface area contributed by atoms with Crippen LogP contribution in [0.15, 0.2) is 30.3 Å². The van der Waals surface area contributed by atoms with E-state index < -0.39 is 0 Å². The molecule has 0 amide bonds. The molecule has 0 bridgehead atoms. The predicted molar refractivity (Wildman–Crippen MR) is 48.5 cm³/mol. The van der Waals surface area contributed by atoms with Gasteiger partial charge in [0.15, 0.2) is 0 Å². The van der Waals surface area contributed by atoms with Gasteiger partial charge in [-0.05, 0) is 12.0 Å². The first-order valence-corrected chi connectivity index (χ1v) is 4.89. The van der Waals surface area contributed by atoms with Crippen LogP contribution in [0.25, 0.3) is 0 Å². The molecule has 0 aromatic heterocycles. The Labute approximate surface area is 64.8 Å². The molecule has 1 rings (SSSR count). The maximum Gasteiger partial charge on any atom is 0.00321 e. The Hall–Kier alpha value is -0.603. The molecule has 0 heterocycles. The van der Waals surface area contributed by atoms with Crippen LogP contribution in [0.4, 0.5) is 0 Å². The zero-order valence-corrected chi connectivity index (χ0v) is 8.30. The third-order valence-electron chi connectivity index (χ3n) is 1.38. The van der Waals surface area contributed by atoms with Crippen molar-refractivity contribution in [3.8, 4) is 0 Å². The Morgan fingerprint density at radius 2 is 1.70 bits per heavy atom. The molecule has 2 heteroatoms. The molecule has 0 saturated carbocycles. The van der Waals surface area contributed by atoms with Gasteiger partial charge in [-0.2, -0.15) is 0 Å². The van der Waals surface area contributed by atoms with Gasteiger partial charge in [0, 0.05) is 10.2 Å². The minimum atomic E-state index is 0. The average molecular weight is 154 g/mol. The summed E-state index contributed by atoms with van der Waals surface area (Å²) >= 11 is 0. The van der Waals surface area contributed by atoms with Crippen LogP contribution in [0.2, 0.25) is 6.04 Å². The molecule has 0 atom stereocenters. The number of aryl methyl sites for hydroxylation is 1. The van der Waals surface area contributed by atoms with Gasteiger partial charge in [-0.1, -0.05) is 36.4 Å². The Kier molecular flexibility index (Phi) is 4.89. The van der Waals surface area contributed by atoms with E-state index in [2.05, 4.69) is 30.3 Å². The summed E-state index contributed by atoms with van der Waals surface area (Å²) in [5.74, 6) is 0. The second kappa shape index (κ2) is 5.20. The molecule has 0 aliphatic rings. The minimum absolute atomic E-state index is 0. The fraction of sp³-hybridized carbons (Fsp3) is 0.250. The molecular weight excluding hydrogens is 140 g/mol. The zero-order valence-electron chi connectivity index (χ0n) is 6.30. The Balaban J connectivity index is 0.000000810. The summed E-state index contributed by atoms with van der Waals surface area (Å²) in [6, 6.07) is 12.0. The highest BCUT2D eigenvalue weighted by Gasteiger charge is 1.84. The summed E-state index contributed by atoms with van der Waals surface area (Å²) in [7, 11) is 1.32. The third-order valence-corrected chi connectivity index (χ3v) is 1.88. The van der Waals surface area contributed by atoms with Crippen molar-refractivity contribution in [3.05, 3.63) is 35.9 Å². The Bertz CT molecular complexity index is 162. The highest BCUT2D eigenvalue weighted by atomic mass is 28.1. The first-order chi connectivity index (χ1) is 4.43. The zero-order chi connectivity index (χ0) is 6.53. The summed E-state index contributed by atoms with van der Waals surface area (Å²) < 4.78 is 0. The molecular formula is C8H14OSi. The van der Waals surface area contributed by atoms with Gasteiger partial charge in [0.2, 0.25) is 0 Å². The lowest BCUT2D eigenvalue weighted by atomic mass is 10.2. The molecule has 1 nitrogen and oxygen atoms in total. The maximum absolute atomic E-state index is 2.19. The van der Waals surface area contributed by atoms with E-state index in [9.17, 15) is 0 Å². The Morgan fingerprint density at radius 1 is 1.10 bits per heavy atom. The molecule has 0 radical (unpaired) electrons. The van der Waals surface area contributed by atoms with E-state index >= 15 is 0 Å². The summed E-state index contributed by atoms with van der Waals surface area (Å²) in [6.07, 6.45) is 1.27. The first kappa shape index (κ1) is 9.40. The van der Waals surface area contributed by atoms with Gasteiger partial charge >= 0.3 is 0 Å². The quantitative estimate of drug-likeness (QED) is 0.545. The van der Waals surface area contributed by atoms with Gasteiger partial charge < -0.3 is 5.48 Å². The van der Waals surface area contributed by atoms with E-state index in [1.54, 1.807) is 0 Å². The molecule has 0 aliphatic carbocycles. The fourth-order valence-corrected chi connectivity index (χ4v) is 1.51. The SMILES string of the molecule is O.[SiH3]CCc1ccccc1. The molecule has 0 saturated heterocycles. The number of rotatable bonds is 2. The van der Waals surface area contributed by atoms with Gasteiger partial charge in [0.1, 0.15) is 0 Å². The first-order valence-electron chi connectivity index (χ1n) is 3.47. The summed E-state index contributed by atoms with van der Waals surface area (Å²) in [5, 5.41) is 0. The molecule has 2 N–H and O–H groups in total. The van der Waals surface area contributed by atoms with Crippen molar-refractivity contribution in [1.82, 2.24) is 0 Å². The van der Waals surface area contributed by atoms with Crippen LogP contribution in [-0.4, -0.2) is 15.7 Å². The monoisotopic (exact) mass is 154 g/mol. The van der Waals surface area contributed by atoms with E-state index in [1.807, 2.05) is 0 Å². The molecule has 0 aliphatic heterocycles. The topological polar surface area (TPSA) is 31.5 Å². The highest BCUT2D eigenvalue weighted by Crippen LogP contribution is 1.99. The van der Waals surface area contributed by atoms with Gasteiger partial charge in [-0.25, -0.2) is 0 Å². The second-order valence-electron chi connectivity index (χ2n) is 2.24. The second-order valence-corrected chi connectivity index (χ2v) is 3.24. The summed E-state index contributed by atoms with van der Waals surface area (Å²) in [6.45, 7) is 0. The van der Waals surface area contributed by atoms with E-state index in [0.717, 1.165) is 0 Å². The molecule has 0 spiro atoms. The summed E-state index contributed by atoms with van der Waals surface area (Å²) in [5.41, 5.74) is 1.48. The molecule has 1 aromatic carbocycles. The highest BCUT2D eigenvalue weighted by molar-refractivity contribution is 6.08. The molecule has 0 fully saturated rings. The molecule has 0 unspecified atom stereocenters. The van der Waals surface area contributed by atoms with Crippen LogP contribution in [0.1, 0.15) is 5.56 Å². The van der Waals surface area contributed by atoms with Crippen molar-refractivity contribution in [3.63, 3.8) is 0 Å². The largest absolute Gasteiger partial charge is 0.412 e. The average Bonchev–Trinajstić information content (AvgIpc) is 1.91. The van der Waals surface area contributed by atoms with Crippen LogP contribution in [0, 0.1) is 0 Å². The fourth-order valence-electron chi connectivity index (χ4n) is 0.933. The smallest absolute Gasteiger partial charge is 0.00321 e. The lowest BCUT2D eigenvalue weighted by molar-refractivity contribution is 0.824. The van der Waals surface area contributed by atoms with Gasteiger partial charge in [-0.3, -0.25) is 0 Å². The maximum atomic E-state index is 2.19. The van der Waals surface area contributed by atoms with Gasteiger partial charge in [-0.15, -0.1) is 0 Å². The molecule has 56 valence electrons. The molecule has 1 aromatic rings. The van der Waals surface area contributed by atoms with E-state index in [4.69, 9.17) is 0 Å². The van der Waals surface area contributed by atoms with Crippen molar-refractivity contribution in [2.45, 2.75) is 12.5 Å². The third kappa shape index (κ3) is 2.80. The lowest BCUT2D eigenvalue weighted by Crippen LogP contribution is -1.80. The number of hydrogen-bond donors (Lipinski definition) is 0. The summed E-state index contributed by atoms with van der Waals surface area (Å²) in [4.78, 5) is 0. The number of benzene rings is 1. The Morgan fingerprint density at radius 3 is 2.20 bits per heavy atom. The van der Waals surface area contributed by atoms with Crippen LogP contribution in [-0.2, 0) is 6.42 Å². The lowest BCUT2D eigenvalue weighted by Gasteiger charge is -1.93. The van der Waals surface area contributed by atoms with Crippen molar-refractivity contribution in [1.29, 1.82) is 0 Å². The van der Waals surface area contributed by atoms with Crippen LogP contribution >= 0.6 is 0 Å². The van der Waals surface area contributed by atoms with Gasteiger partial charge in [0.25, 0.3) is 0 Å². The van der Waals surface area contributed by atoms with Crippen molar-refractivity contribution in [2.24, 2.45) is 0 Å². The van der Waals surface area contributed by atoms with Crippen LogP contribution in [0.3, 0.4) is 0 Å². The van der Waals surface area contributed by atoms with Crippen molar-refractivity contribution >= 4 is 10.2 Å². The normalized spacial score (nSPS) is 8.80. The van der Waals surface area contributed by atoms with E-state index in [1.165, 1.54) is 28.3 Å². The van der Waals surface area contributed by atoms with Gasteiger partial charge in [0.05, 0.1) is 0 Å². The molecule has 10 heavy (non-hydrogen) atoms. The van der Waals surface area contributed by atoms with Crippen molar-refractivity contribution in [2.75, 3.05) is 0 Å². The van der Waals surface area contributed by atoms with Crippen molar-refractivity contribution < 1.29 is 5.48 Å². The van der Waals surface area contributed by atoms with Crippen LogP contribution < -0.4 is 0 Å². The predicted octanol–water partition coefficient (Wildman–Crippen LogP) is 0.188. The number of hydrogen-bond acceptors (Lipinski definition) is 0. The minimum Gasteiger partial charge on any atom is -0.412 e. The van der Waals surface area contributed by atoms with E-state index in [0.29, 0.717) is 0 Å². The van der Waals surface area contributed by atoms with E-state index in [-0.39, 0.29) is 5.48 Å². The standard InChI is InChI=1S/C8H12Si.H2O/c9-7-6-8-4-2-1-3-5-8;/h1-5H,6-7H2,9H3;1H2.